The molecule has 0 aliphatic rings. The van der Waals surface area contributed by atoms with E-state index in [0.29, 0.717) is 6.42 Å². The van der Waals surface area contributed by atoms with Gasteiger partial charge in [0.2, 0.25) is 0 Å². The molecule has 0 saturated heterocycles. The minimum Gasteiger partial charge on any atom is -0.364 e. The van der Waals surface area contributed by atoms with E-state index in [4.69, 9.17) is 5.73 Å². The van der Waals surface area contributed by atoms with Gasteiger partial charge in [0, 0.05) is 6.42 Å². The number of halogens is 2. The monoisotopic (exact) mass is 347 g/mol. The molecule has 0 radical (unpaired) electrons. The van der Waals surface area contributed by atoms with Gasteiger partial charge in [0.15, 0.2) is 11.3 Å². The highest BCUT2D eigenvalue weighted by molar-refractivity contribution is 6.01. The summed E-state index contributed by atoms with van der Waals surface area (Å²) in [6.07, 6.45) is 2.04. The molecule has 1 aromatic carbocycles. The van der Waals surface area contributed by atoms with Gasteiger partial charge in [-0.05, 0) is 18.6 Å². The molecule has 2 aromatic heterocycles. The van der Waals surface area contributed by atoms with Crippen LogP contribution >= 0.6 is 0 Å². The van der Waals surface area contributed by atoms with Crippen LogP contribution in [0.5, 0.6) is 0 Å². The van der Waals surface area contributed by atoms with Crippen LogP contribution in [-0.4, -0.2) is 25.4 Å². The normalized spacial score (nSPS) is 11.2. The standard InChI is InChI=1S/C16H15F2N5O2/c1-2-3-7-10-20-11(14(19)24)12-15(21-10)23(16(25)22-12)13-8(17)5-4-6-9(13)18/h4-6H,2-3,7H2,1H3,(H2,19,24)(H,22,25). The summed E-state index contributed by atoms with van der Waals surface area (Å²) in [5.74, 6) is -2.46. The summed E-state index contributed by atoms with van der Waals surface area (Å²) >= 11 is 0. The van der Waals surface area contributed by atoms with Crippen LogP contribution in [0.3, 0.4) is 0 Å². The van der Waals surface area contributed by atoms with Crippen molar-refractivity contribution in [1.82, 2.24) is 19.5 Å². The average Bonchev–Trinajstić information content (AvgIpc) is 2.88. The Hall–Kier alpha value is -3.10. The zero-order valence-electron chi connectivity index (χ0n) is 13.3. The largest absolute Gasteiger partial charge is 0.364 e. The summed E-state index contributed by atoms with van der Waals surface area (Å²) in [6.45, 7) is 1.97. The van der Waals surface area contributed by atoms with Crippen molar-refractivity contribution in [2.24, 2.45) is 5.73 Å². The number of fused-ring (bicyclic) bond motifs is 1. The van der Waals surface area contributed by atoms with E-state index < -0.39 is 28.9 Å². The Kier molecular flexibility index (Phi) is 4.30. The molecule has 0 aliphatic heterocycles. The molecule has 3 rings (SSSR count). The van der Waals surface area contributed by atoms with Crippen molar-refractivity contribution < 1.29 is 13.6 Å². The lowest BCUT2D eigenvalue weighted by Crippen LogP contribution is -2.18. The summed E-state index contributed by atoms with van der Waals surface area (Å²) in [6, 6.07) is 3.24. The molecule has 9 heteroatoms. The highest BCUT2D eigenvalue weighted by Gasteiger charge is 2.22. The predicted octanol–water partition coefficient (Wildman–Crippen LogP) is 1.83. The number of carbonyl (C=O) groups excluding carboxylic acids is 1. The first kappa shape index (κ1) is 16.7. The van der Waals surface area contributed by atoms with Crippen LogP contribution in [0.2, 0.25) is 0 Å². The van der Waals surface area contributed by atoms with Crippen LogP contribution < -0.4 is 11.4 Å². The van der Waals surface area contributed by atoms with Crippen molar-refractivity contribution in [3.63, 3.8) is 0 Å². The maximum atomic E-state index is 14.1. The number of amides is 1. The molecule has 7 nitrogen and oxygen atoms in total. The Morgan fingerprint density at radius 2 is 1.96 bits per heavy atom. The molecule has 0 spiro atoms. The number of hydrogen-bond acceptors (Lipinski definition) is 4. The number of aryl methyl sites for hydroxylation is 1. The third-order valence-electron chi connectivity index (χ3n) is 3.73. The van der Waals surface area contributed by atoms with E-state index >= 15 is 0 Å². The van der Waals surface area contributed by atoms with Crippen molar-refractivity contribution in [3.05, 3.63) is 51.8 Å². The number of aromatic amines is 1. The zero-order chi connectivity index (χ0) is 18.1. The number of nitrogens with two attached hydrogens (primary N) is 1. The van der Waals surface area contributed by atoms with E-state index in [9.17, 15) is 18.4 Å². The van der Waals surface area contributed by atoms with Crippen LogP contribution in [0.4, 0.5) is 8.78 Å². The van der Waals surface area contributed by atoms with Crippen molar-refractivity contribution in [1.29, 1.82) is 0 Å². The zero-order valence-corrected chi connectivity index (χ0v) is 13.3. The fourth-order valence-corrected chi connectivity index (χ4v) is 2.57. The molecule has 0 aliphatic carbocycles. The fourth-order valence-electron chi connectivity index (χ4n) is 2.57. The number of primary amides is 1. The van der Waals surface area contributed by atoms with Crippen molar-refractivity contribution >= 4 is 17.1 Å². The molecular formula is C16H15F2N5O2. The van der Waals surface area contributed by atoms with Crippen molar-refractivity contribution in [3.8, 4) is 5.69 Å². The van der Waals surface area contributed by atoms with Crippen LogP contribution in [0.25, 0.3) is 16.9 Å². The molecule has 0 bridgehead atoms. The van der Waals surface area contributed by atoms with Gasteiger partial charge in [0.05, 0.1) is 0 Å². The van der Waals surface area contributed by atoms with Gasteiger partial charge in [0.1, 0.15) is 28.7 Å². The van der Waals surface area contributed by atoms with Crippen LogP contribution in [0.1, 0.15) is 36.1 Å². The number of imidazole rings is 1. The highest BCUT2D eigenvalue weighted by atomic mass is 19.1. The average molecular weight is 347 g/mol. The number of H-pyrrole nitrogens is 1. The number of carbonyl (C=O) groups is 1. The van der Waals surface area contributed by atoms with Gasteiger partial charge >= 0.3 is 5.69 Å². The first-order valence-corrected chi connectivity index (χ1v) is 7.69. The Balaban J connectivity index is 2.37. The van der Waals surface area contributed by atoms with Crippen LogP contribution in [0, 0.1) is 11.6 Å². The number of aromatic nitrogens is 4. The minimum absolute atomic E-state index is 0.0552. The fraction of sp³-hybridized carbons (Fsp3) is 0.250. The second-order valence-corrected chi connectivity index (χ2v) is 5.49. The predicted molar refractivity (Wildman–Crippen MR) is 86.5 cm³/mol. The molecule has 130 valence electrons. The van der Waals surface area contributed by atoms with Gasteiger partial charge < -0.3 is 10.7 Å². The Bertz CT molecular complexity index is 1010. The maximum absolute atomic E-state index is 14.1. The van der Waals surface area contributed by atoms with E-state index in [1.165, 1.54) is 6.07 Å². The number of benzene rings is 1. The smallest absolute Gasteiger partial charge is 0.332 e. The van der Waals surface area contributed by atoms with Gasteiger partial charge in [0.25, 0.3) is 5.91 Å². The number of rotatable bonds is 5. The van der Waals surface area contributed by atoms with Gasteiger partial charge in [-0.25, -0.2) is 28.1 Å². The van der Waals surface area contributed by atoms with Crippen LogP contribution in [-0.2, 0) is 6.42 Å². The van der Waals surface area contributed by atoms with E-state index in [0.717, 1.165) is 29.5 Å². The number of hydrogen-bond donors (Lipinski definition) is 2. The van der Waals surface area contributed by atoms with Crippen LogP contribution in [0.15, 0.2) is 23.0 Å². The lowest BCUT2D eigenvalue weighted by atomic mass is 10.2. The SMILES string of the molecule is CCCCc1nc(C(N)=O)c2[nH]c(=O)n(-c3c(F)cccc3F)c2n1. The molecule has 0 unspecified atom stereocenters. The minimum atomic E-state index is -0.933. The van der Waals surface area contributed by atoms with Gasteiger partial charge in [-0.1, -0.05) is 19.4 Å². The highest BCUT2D eigenvalue weighted by Crippen LogP contribution is 2.21. The molecule has 25 heavy (non-hydrogen) atoms. The number of nitrogens with zero attached hydrogens (tertiary/aromatic N) is 3. The third kappa shape index (κ3) is 2.88. The van der Waals surface area contributed by atoms with Crippen molar-refractivity contribution in [2.75, 3.05) is 0 Å². The Morgan fingerprint density at radius 3 is 2.56 bits per heavy atom. The molecule has 0 saturated carbocycles. The maximum Gasteiger partial charge on any atom is 0.332 e. The second kappa shape index (κ2) is 6.42. The first-order chi connectivity index (χ1) is 11.9. The number of unbranched alkanes of at least 4 members (excludes halogenated alkanes) is 1. The first-order valence-electron chi connectivity index (χ1n) is 7.69. The molecule has 0 fully saturated rings. The van der Waals surface area contributed by atoms with Gasteiger partial charge in [-0.15, -0.1) is 0 Å². The van der Waals surface area contributed by atoms with E-state index in [1.54, 1.807) is 0 Å². The van der Waals surface area contributed by atoms with E-state index in [1.807, 2.05) is 6.92 Å². The lowest BCUT2D eigenvalue weighted by Gasteiger charge is -2.07. The lowest BCUT2D eigenvalue weighted by molar-refractivity contribution is 0.0996. The Morgan fingerprint density at radius 1 is 1.28 bits per heavy atom. The molecular weight excluding hydrogens is 332 g/mol. The topological polar surface area (TPSA) is 107 Å². The summed E-state index contributed by atoms with van der Waals surface area (Å²) in [4.78, 5) is 34.6. The Labute approximate surface area is 140 Å². The van der Waals surface area contributed by atoms with E-state index in [-0.39, 0.29) is 22.7 Å². The molecule has 1 amide bonds. The molecule has 3 N–H and O–H groups in total. The molecule has 3 aromatic rings. The second-order valence-electron chi connectivity index (χ2n) is 5.49. The number of nitrogens with one attached hydrogen (secondary N) is 1. The van der Waals surface area contributed by atoms with Gasteiger partial charge in [-0.2, -0.15) is 0 Å². The summed E-state index contributed by atoms with van der Waals surface area (Å²) in [7, 11) is 0. The summed E-state index contributed by atoms with van der Waals surface area (Å²) < 4.78 is 29.0. The quantitative estimate of drug-likeness (QED) is 0.734. The summed E-state index contributed by atoms with van der Waals surface area (Å²) in [5.41, 5.74) is 3.57. The third-order valence-corrected chi connectivity index (χ3v) is 3.73. The molecule has 2 heterocycles. The van der Waals surface area contributed by atoms with E-state index in [2.05, 4.69) is 15.0 Å². The number of para-hydroxylation sites is 1. The van der Waals surface area contributed by atoms with Crippen molar-refractivity contribution in [2.45, 2.75) is 26.2 Å². The van der Waals surface area contributed by atoms with Gasteiger partial charge in [-0.3, -0.25) is 4.79 Å². The summed E-state index contributed by atoms with van der Waals surface area (Å²) in [5, 5.41) is 0. The molecule has 0 atom stereocenters.